The Hall–Kier alpha value is -3.04. The molecule has 272 valence electrons. The number of rotatable bonds is 24. The highest BCUT2D eigenvalue weighted by Crippen LogP contribution is 2.40. The van der Waals surface area contributed by atoms with Crippen molar-refractivity contribution in [1.82, 2.24) is 30.3 Å². The Morgan fingerprint density at radius 3 is 1.75 bits per heavy atom. The van der Waals surface area contributed by atoms with Crippen LogP contribution in [0.1, 0.15) is 180 Å². The van der Waals surface area contributed by atoms with E-state index in [1.807, 2.05) is 19.2 Å². The number of carbonyl (C=O) groups is 2. The minimum absolute atomic E-state index is 0.290. The van der Waals surface area contributed by atoms with Gasteiger partial charge in [0.1, 0.15) is 0 Å². The third-order valence-corrected chi connectivity index (χ3v) is 9.29. The summed E-state index contributed by atoms with van der Waals surface area (Å²) in [7, 11) is 1.86. The first kappa shape index (κ1) is 39.4. The van der Waals surface area contributed by atoms with E-state index in [1.165, 1.54) is 99.7 Å². The number of unbranched alkanes of at least 4 members (excludes halogenated alkanes) is 16. The fraction of sp³-hybridized carbons (Fsp3) is 0.789. The molecule has 1 saturated carbocycles. The molecule has 2 aromatic rings. The lowest BCUT2D eigenvalue weighted by molar-refractivity contribution is 0.242. The van der Waals surface area contributed by atoms with E-state index in [-0.39, 0.29) is 17.5 Å². The van der Waals surface area contributed by atoms with Gasteiger partial charge < -0.3 is 10.6 Å². The number of carbonyl (C=O) groups excluding carboxylic acids is 2. The van der Waals surface area contributed by atoms with Crippen molar-refractivity contribution in [1.29, 1.82) is 0 Å². The molecule has 3 N–H and O–H groups in total. The van der Waals surface area contributed by atoms with E-state index in [4.69, 9.17) is 10.2 Å². The first-order chi connectivity index (χ1) is 23.2. The lowest BCUT2D eigenvalue weighted by atomic mass is 9.92. The summed E-state index contributed by atoms with van der Waals surface area (Å²) in [5, 5.41) is 20.3. The molecule has 0 aromatic carbocycles. The minimum Gasteiger partial charge on any atom is -0.338 e. The summed E-state index contributed by atoms with van der Waals surface area (Å²) in [5.41, 5.74) is 1.47. The van der Waals surface area contributed by atoms with Crippen molar-refractivity contribution in [2.24, 2.45) is 7.05 Å². The quantitative estimate of drug-likeness (QED) is 0.0968. The zero-order valence-corrected chi connectivity index (χ0v) is 31.3. The zero-order chi connectivity index (χ0) is 34.8. The smallest absolute Gasteiger partial charge is 0.338 e. The average Bonchev–Trinajstić information content (AvgIpc) is 3.71. The predicted molar refractivity (Wildman–Crippen MR) is 199 cm³/mol. The van der Waals surface area contributed by atoms with Crippen molar-refractivity contribution in [2.75, 3.05) is 23.4 Å². The summed E-state index contributed by atoms with van der Waals surface area (Å²) in [4.78, 5) is 28.6. The molecule has 3 rings (SSSR count). The molecule has 48 heavy (non-hydrogen) atoms. The van der Waals surface area contributed by atoms with Gasteiger partial charge in [0.2, 0.25) is 0 Å². The van der Waals surface area contributed by atoms with E-state index in [1.54, 1.807) is 4.68 Å². The van der Waals surface area contributed by atoms with Gasteiger partial charge in [-0.25, -0.2) is 9.59 Å². The van der Waals surface area contributed by atoms with Crippen molar-refractivity contribution in [3.8, 4) is 0 Å². The molecule has 4 amide bonds. The lowest BCUT2D eigenvalue weighted by Gasteiger charge is -2.24. The van der Waals surface area contributed by atoms with Crippen LogP contribution in [0.3, 0.4) is 0 Å². The number of nitrogens with one attached hydrogen (secondary N) is 3. The average molecular weight is 669 g/mol. The Labute approximate surface area is 291 Å². The molecule has 1 aliphatic carbocycles. The number of urea groups is 2. The summed E-state index contributed by atoms with van der Waals surface area (Å²) >= 11 is 0. The fourth-order valence-corrected chi connectivity index (χ4v) is 6.02. The predicted octanol–water partition coefficient (Wildman–Crippen LogP) is 9.95. The number of aryl methyl sites for hydroxylation is 1. The standard InChI is InChI=1S/C38H68N8O2/c1-7-9-11-13-15-17-19-21-23-27-39-36(47)41-34-30-33(38(3,4)5)43-46(34)45(35-29-32(31-25-26-31)42-44(35)6)37(48)40-28-24-22-20-18-16-14-12-10-8-2/h29-31H,7-28H2,1-6H3,(H,40,48)(H2,39,41,47). The second-order valence-electron chi connectivity index (χ2n) is 15.0. The van der Waals surface area contributed by atoms with Gasteiger partial charge in [0, 0.05) is 43.6 Å². The van der Waals surface area contributed by atoms with Crippen LogP contribution in [0.4, 0.5) is 21.2 Å². The first-order valence-corrected chi connectivity index (χ1v) is 19.4. The van der Waals surface area contributed by atoms with Gasteiger partial charge in [0.05, 0.1) is 11.4 Å². The summed E-state index contributed by atoms with van der Waals surface area (Å²) in [6.07, 6.45) is 24.3. The molecule has 0 aliphatic heterocycles. The van der Waals surface area contributed by atoms with Crippen LogP contribution in [-0.4, -0.2) is 44.8 Å². The van der Waals surface area contributed by atoms with Crippen molar-refractivity contribution in [3.05, 3.63) is 23.5 Å². The molecule has 2 heterocycles. The SMILES string of the molecule is CCCCCCCCCCCNC(=O)Nc1cc(C(C)(C)C)nn1N(C(=O)NCCCCCCCCCCC)c1cc(C2CC2)nn1C. The van der Waals surface area contributed by atoms with Gasteiger partial charge in [-0.15, -0.1) is 4.79 Å². The van der Waals surface area contributed by atoms with Gasteiger partial charge in [-0.1, -0.05) is 137 Å². The van der Waals surface area contributed by atoms with Crippen LogP contribution in [0.25, 0.3) is 0 Å². The van der Waals surface area contributed by atoms with Crippen molar-refractivity contribution >= 4 is 23.7 Å². The molecule has 0 atom stereocenters. The zero-order valence-electron chi connectivity index (χ0n) is 31.3. The molecule has 1 fully saturated rings. The van der Waals surface area contributed by atoms with Gasteiger partial charge in [0.25, 0.3) is 0 Å². The molecule has 0 radical (unpaired) electrons. The van der Waals surface area contributed by atoms with Crippen LogP contribution >= 0.6 is 0 Å². The highest BCUT2D eigenvalue weighted by Gasteiger charge is 2.32. The summed E-state index contributed by atoms with van der Waals surface area (Å²) in [6, 6.07) is 3.27. The third-order valence-electron chi connectivity index (χ3n) is 9.29. The number of amides is 4. The van der Waals surface area contributed by atoms with E-state index >= 15 is 0 Å². The maximum absolute atomic E-state index is 14.0. The molecular weight excluding hydrogens is 600 g/mol. The molecular formula is C38H68N8O2. The number of hydrogen-bond acceptors (Lipinski definition) is 4. The molecule has 0 unspecified atom stereocenters. The highest BCUT2D eigenvalue weighted by molar-refractivity contribution is 5.93. The van der Waals surface area contributed by atoms with Crippen LogP contribution in [-0.2, 0) is 12.5 Å². The molecule has 10 nitrogen and oxygen atoms in total. The molecule has 1 aliphatic rings. The Morgan fingerprint density at radius 1 is 0.750 bits per heavy atom. The van der Waals surface area contributed by atoms with E-state index in [9.17, 15) is 9.59 Å². The van der Waals surface area contributed by atoms with Crippen LogP contribution in [0.5, 0.6) is 0 Å². The summed E-state index contributed by atoms with van der Waals surface area (Å²) in [5.74, 6) is 1.49. The van der Waals surface area contributed by atoms with Gasteiger partial charge in [-0.2, -0.15) is 15.2 Å². The normalized spacial score (nSPS) is 13.1. The van der Waals surface area contributed by atoms with E-state index in [0.29, 0.717) is 30.6 Å². The lowest BCUT2D eigenvalue weighted by Crippen LogP contribution is -2.46. The first-order valence-electron chi connectivity index (χ1n) is 19.4. The summed E-state index contributed by atoms with van der Waals surface area (Å²) < 4.78 is 1.75. The number of hydrogen-bond donors (Lipinski definition) is 3. The molecule has 10 heteroatoms. The largest absolute Gasteiger partial charge is 0.344 e. The van der Waals surface area contributed by atoms with Crippen LogP contribution in [0.15, 0.2) is 12.1 Å². The maximum Gasteiger partial charge on any atom is 0.344 e. The van der Waals surface area contributed by atoms with E-state index in [0.717, 1.165) is 49.9 Å². The Balaban J connectivity index is 1.64. The second kappa shape index (κ2) is 21.1. The van der Waals surface area contributed by atoms with E-state index in [2.05, 4.69) is 50.6 Å². The number of anilines is 2. The van der Waals surface area contributed by atoms with E-state index < -0.39 is 0 Å². The Kier molecular flexibility index (Phi) is 17.3. The minimum atomic E-state index is -0.296. The van der Waals surface area contributed by atoms with Gasteiger partial charge >= 0.3 is 12.1 Å². The highest BCUT2D eigenvalue weighted by atomic mass is 16.2. The van der Waals surface area contributed by atoms with Crippen molar-refractivity contribution < 1.29 is 9.59 Å². The monoisotopic (exact) mass is 669 g/mol. The number of nitrogens with zero attached hydrogens (tertiary/aromatic N) is 5. The third kappa shape index (κ3) is 13.8. The van der Waals surface area contributed by atoms with Gasteiger partial charge in [-0.3, -0.25) is 10.00 Å². The second-order valence-corrected chi connectivity index (χ2v) is 15.0. The molecule has 2 aromatic heterocycles. The van der Waals surface area contributed by atoms with Crippen molar-refractivity contribution in [3.63, 3.8) is 0 Å². The van der Waals surface area contributed by atoms with Gasteiger partial charge in [-0.05, 0) is 25.7 Å². The Morgan fingerprint density at radius 2 is 1.25 bits per heavy atom. The fourth-order valence-electron chi connectivity index (χ4n) is 6.02. The van der Waals surface area contributed by atoms with Gasteiger partial charge in [0.15, 0.2) is 11.6 Å². The van der Waals surface area contributed by atoms with Crippen LogP contribution < -0.4 is 21.0 Å². The molecule has 0 saturated heterocycles. The topological polar surface area (TPSA) is 109 Å². The van der Waals surface area contributed by atoms with Crippen LogP contribution in [0.2, 0.25) is 0 Å². The van der Waals surface area contributed by atoms with Crippen molar-refractivity contribution in [2.45, 2.75) is 174 Å². The number of aromatic nitrogens is 4. The van der Waals surface area contributed by atoms with Crippen LogP contribution in [0, 0.1) is 0 Å². The Bertz CT molecular complexity index is 1210. The molecule has 0 bridgehead atoms. The molecule has 0 spiro atoms. The summed E-state index contributed by atoms with van der Waals surface area (Å²) in [6.45, 7) is 11.9. The maximum atomic E-state index is 14.0.